The van der Waals surface area contributed by atoms with Crippen molar-refractivity contribution in [1.29, 1.82) is 0 Å². The van der Waals surface area contributed by atoms with E-state index in [2.05, 4.69) is 35.2 Å². The number of nitrogen functional groups attached to an aromatic ring is 1. The summed E-state index contributed by atoms with van der Waals surface area (Å²) in [7, 11) is 0. The molecule has 0 fully saturated rings. The number of rotatable bonds is 3. The fraction of sp³-hybridized carbons (Fsp3) is 0.125. The minimum atomic E-state index is 0.0687. The van der Waals surface area contributed by atoms with Crippen molar-refractivity contribution in [1.82, 2.24) is 39.9 Å². The highest BCUT2D eigenvalue weighted by molar-refractivity contribution is 7.98. The normalized spacial score (nSPS) is 10.8. The molecule has 0 aromatic carbocycles. The Labute approximate surface area is 110 Å². The van der Waals surface area contributed by atoms with Crippen LogP contribution in [0.3, 0.4) is 0 Å². The van der Waals surface area contributed by atoms with Gasteiger partial charge in [-0.25, -0.2) is 4.98 Å². The van der Waals surface area contributed by atoms with Gasteiger partial charge in [-0.1, -0.05) is 0 Å². The molecule has 19 heavy (non-hydrogen) atoms. The number of nitrogens with zero attached hydrogens (tertiary/aromatic N) is 8. The van der Waals surface area contributed by atoms with Crippen molar-refractivity contribution < 1.29 is 4.42 Å². The van der Waals surface area contributed by atoms with E-state index in [0.717, 1.165) is 11.8 Å². The molecule has 0 spiro atoms. The van der Waals surface area contributed by atoms with Crippen LogP contribution in [-0.2, 0) is 0 Å². The Morgan fingerprint density at radius 1 is 1.26 bits per heavy atom. The first-order valence-corrected chi connectivity index (χ1v) is 5.87. The Hall–Kier alpha value is -2.56. The monoisotopic (exact) mass is 277 g/mol. The molecule has 10 nitrogen and oxygen atoms in total. The molecule has 3 rings (SSSR count). The van der Waals surface area contributed by atoms with Crippen LogP contribution in [0.15, 0.2) is 27.5 Å². The number of aryl methyl sites for hydroxylation is 1. The topological polar surface area (TPSA) is 134 Å². The van der Waals surface area contributed by atoms with E-state index in [-0.39, 0.29) is 11.9 Å². The first-order valence-electron chi connectivity index (χ1n) is 5.05. The molecule has 3 aromatic heterocycles. The number of anilines is 1. The molecule has 96 valence electrons. The highest BCUT2D eigenvalue weighted by Crippen LogP contribution is 2.23. The summed E-state index contributed by atoms with van der Waals surface area (Å²) in [5, 5.41) is 12.1. The average molecular weight is 277 g/mol. The van der Waals surface area contributed by atoms with Crippen LogP contribution in [0, 0.1) is 6.92 Å². The van der Waals surface area contributed by atoms with Gasteiger partial charge in [0, 0.05) is 18.7 Å². The summed E-state index contributed by atoms with van der Waals surface area (Å²) in [6.07, 6.45) is 2.83. The van der Waals surface area contributed by atoms with Gasteiger partial charge in [0.05, 0.1) is 0 Å². The minimum absolute atomic E-state index is 0.0687. The van der Waals surface area contributed by atoms with Crippen molar-refractivity contribution in [2.75, 3.05) is 5.73 Å². The lowest BCUT2D eigenvalue weighted by molar-refractivity contribution is 0.429. The molecule has 0 aliphatic rings. The Morgan fingerprint density at radius 2 is 2.16 bits per heavy atom. The zero-order chi connectivity index (χ0) is 13.2. The van der Waals surface area contributed by atoms with Gasteiger partial charge in [-0.05, 0) is 0 Å². The molecule has 11 heteroatoms. The molecule has 0 amide bonds. The Balaban J connectivity index is 1.94. The van der Waals surface area contributed by atoms with Gasteiger partial charge in [-0.15, -0.1) is 10.2 Å². The molecular formula is C8H7N9OS. The molecule has 3 aromatic rings. The van der Waals surface area contributed by atoms with Crippen LogP contribution < -0.4 is 5.73 Å². The summed E-state index contributed by atoms with van der Waals surface area (Å²) in [5.74, 6) is 0.795. The lowest BCUT2D eigenvalue weighted by Crippen LogP contribution is -2.07. The Kier molecular flexibility index (Phi) is 2.79. The predicted molar refractivity (Wildman–Crippen MR) is 62.3 cm³/mol. The molecule has 0 bridgehead atoms. The molecule has 0 unspecified atom stereocenters. The largest absolute Gasteiger partial charge is 0.416 e. The van der Waals surface area contributed by atoms with Gasteiger partial charge in [0.2, 0.25) is 17.0 Å². The summed E-state index contributed by atoms with van der Waals surface area (Å²) >= 11 is 1.09. The number of hydrogen-bond donors (Lipinski definition) is 1. The number of hydrogen-bond acceptors (Lipinski definition) is 10. The van der Waals surface area contributed by atoms with Crippen molar-refractivity contribution >= 4 is 17.7 Å². The van der Waals surface area contributed by atoms with Crippen molar-refractivity contribution in [2.45, 2.75) is 17.3 Å². The van der Waals surface area contributed by atoms with Crippen LogP contribution in [-0.4, -0.2) is 39.9 Å². The van der Waals surface area contributed by atoms with E-state index < -0.39 is 0 Å². The summed E-state index contributed by atoms with van der Waals surface area (Å²) < 4.78 is 6.60. The SMILES string of the molecule is Cc1nnc(Sc2nc(N)nc(-n3cncn3)n2)o1. The quantitative estimate of drug-likeness (QED) is 0.689. The highest BCUT2D eigenvalue weighted by atomic mass is 32.2. The number of nitrogens with two attached hydrogens (primary N) is 1. The lowest BCUT2D eigenvalue weighted by atomic mass is 10.8. The van der Waals surface area contributed by atoms with Crippen molar-refractivity contribution in [3.63, 3.8) is 0 Å². The first kappa shape index (κ1) is 11.5. The maximum Gasteiger partial charge on any atom is 0.284 e. The second-order valence-electron chi connectivity index (χ2n) is 3.31. The Bertz CT molecular complexity index is 694. The second-order valence-corrected chi connectivity index (χ2v) is 4.22. The molecule has 0 aliphatic heterocycles. The molecule has 0 atom stereocenters. The zero-order valence-electron chi connectivity index (χ0n) is 9.63. The second kappa shape index (κ2) is 4.61. The third kappa shape index (κ3) is 2.49. The van der Waals surface area contributed by atoms with Gasteiger partial charge in [-0.2, -0.15) is 24.7 Å². The van der Waals surface area contributed by atoms with Gasteiger partial charge in [0.15, 0.2) is 0 Å². The minimum Gasteiger partial charge on any atom is -0.416 e. The van der Waals surface area contributed by atoms with Crippen molar-refractivity contribution in [2.24, 2.45) is 0 Å². The van der Waals surface area contributed by atoms with Crippen LogP contribution in [0.2, 0.25) is 0 Å². The van der Waals surface area contributed by atoms with E-state index in [0.29, 0.717) is 16.3 Å². The molecule has 0 aliphatic carbocycles. The smallest absolute Gasteiger partial charge is 0.284 e. The molecule has 0 saturated carbocycles. The van der Waals surface area contributed by atoms with E-state index >= 15 is 0 Å². The van der Waals surface area contributed by atoms with Gasteiger partial charge in [0.1, 0.15) is 12.7 Å². The third-order valence-corrected chi connectivity index (χ3v) is 2.63. The predicted octanol–water partition coefficient (Wildman–Crippen LogP) is -0.123. The maximum absolute atomic E-state index is 5.62. The molecule has 2 N–H and O–H groups in total. The van der Waals surface area contributed by atoms with E-state index in [9.17, 15) is 0 Å². The summed E-state index contributed by atoms with van der Waals surface area (Å²) in [4.78, 5) is 15.9. The first-order chi connectivity index (χ1) is 9.20. The molecule has 3 heterocycles. The van der Waals surface area contributed by atoms with Gasteiger partial charge in [-0.3, -0.25) is 0 Å². The maximum atomic E-state index is 5.62. The van der Waals surface area contributed by atoms with Crippen molar-refractivity contribution in [3.8, 4) is 5.95 Å². The summed E-state index contributed by atoms with van der Waals surface area (Å²) in [6, 6.07) is 0. The van der Waals surface area contributed by atoms with Crippen LogP contribution in [0.4, 0.5) is 5.95 Å². The fourth-order valence-electron chi connectivity index (χ4n) is 1.22. The number of aromatic nitrogens is 8. The lowest BCUT2D eigenvalue weighted by Gasteiger charge is -2.01. The van der Waals surface area contributed by atoms with Gasteiger partial charge >= 0.3 is 0 Å². The van der Waals surface area contributed by atoms with Crippen LogP contribution in [0.5, 0.6) is 0 Å². The van der Waals surface area contributed by atoms with Crippen LogP contribution in [0.25, 0.3) is 5.95 Å². The van der Waals surface area contributed by atoms with E-state index in [1.54, 1.807) is 6.92 Å². The molecule has 0 saturated heterocycles. The third-order valence-electron chi connectivity index (χ3n) is 1.93. The average Bonchev–Trinajstić information content (AvgIpc) is 3.00. The summed E-state index contributed by atoms with van der Waals surface area (Å²) in [6.45, 7) is 1.69. The summed E-state index contributed by atoms with van der Waals surface area (Å²) in [5.41, 5.74) is 5.62. The molecular weight excluding hydrogens is 270 g/mol. The van der Waals surface area contributed by atoms with Crippen LogP contribution >= 0.6 is 11.8 Å². The molecule has 0 radical (unpaired) electrons. The van der Waals surface area contributed by atoms with Gasteiger partial charge < -0.3 is 10.2 Å². The Morgan fingerprint density at radius 3 is 2.84 bits per heavy atom. The van der Waals surface area contributed by atoms with Gasteiger partial charge in [0.25, 0.3) is 11.2 Å². The van der Waals surface area contributed by atoms with E-state index in [4.69, 9.17) is 10.2 Å². The zero-order valence-corrected chi connectivity index (χ0v) is 10.4. The standard InChI is InChI=1S/C8H7N9OS/c1-4-15-16-8(18-4)19-7-13-5(9)12-6(14-7)17-3-10-2-11-17/h2-3H,1H3,(H2,9,12,13,14). The van der Waals surface area contributed by atoms with Crippen molar-refractivity contribution in [3.05, 3.63) is 18.5 Å². The highest BCUT2D eigenvalue weighted by Gasteiger charge is 2.11. The van der Waals surface area contributed by atoms with Crippen LogP contribution in [0.1, 0.15) is 5.89 Å². The van der Waals surface area contributed by atoms with E-state index in [1.165, 1.54) is 17.3 Å². The van der Waals surface area contributed by atoms with E-state index in [1.807, 2.05) is 0 Å². The fourth-order valence-corrected chi connectivity index (χ4v) is 1.88.